The van der Waals surface area contributed by atoms with Gasteiger partial charge in [-0.25, -0.2) is 0 Å². The number of Topliss-reactive ketones (excluding diaryl/α,β-unsaturated/α-hetero) is 2. The Morgan fingerprint density at radius 3 is 2.12 bits per heavy atom. The average molecular weight is 331 g/mol. The molecule has 1 saturated carbocycles. The number of aliphatic hydroxyl groups excluding tert-OH is 1. The van der Waals surface area contributed by atoms with Crippen LogP contribution >= 0.6 is 0 Å². The van der Waals surface area contributed by atoms with Gasteiger partial charge >= 0.3 is 0 Å². The largest absolute Gasteiger partial charge is 0.392 e. The first kappa shape index (κ1) is 18.7. The SMILES string of the molecule is CC(C)CC(Nc1ccc(CO)cc1)C1C(=O)CC(C)(C)CC1=O. The maximum absolute atomic E-state index is 12.6. The van der Waals surface area contributed by atoms with Crippen molar-refractivity contribution in [3.05, 3.63) is 29.8 Å². The van der Waals surface area contributed by atoms with Crippen LogP contribution in [0.2, 0.25) is 0 Å². The maximum atomic E-state index is 12.6. The van der Waals surface area contributed by atoms with E-state index in [2.05, 4.69) is 19.2 Å². The van der Waals surface area contributed by atoms with Crippen molar-refractivity contribution >= 4 is 17.3 Å². The van der Waals surface area contributed by atoms with Crippen molar-refractivity contribution in [1.29, 1.82) is 0 Å². The van der Waals surface area contributed by atoms with Crippen LogP contribution in [0.5, 0.6) is 0 Å². The van der Waals surface area contributed by atoms with Gasteiger partial charge in [-0.3, -0.25) is 9.59 Å². The summed E-state index contributed by atoms with van der Waals surface area (Å²) in [6, 6.07) is 7.30. The molecule has 1 atom stereocenters. The third-order valence-electron chi connectivity index (χ3n) is 4.62. The van der Waals surface area contributed by atoms with Crippen molar-refractivity contribution in [3.8, 4) is 0 Å². The van der Waals surface area contributed by atoms with Crippen LogP contribution in [0.1, 0.15) is 52.5 Å². The highest BCUT2D eigenvalue weighted by atomic mass is 16.3. The summed E-state index contributed by atoms with van der Waals surface area (Å²) in [7, 11) is 0. The Hall–Kier alpha value is -1.68. The Labute approximate surface area is 144 Å². The summed E-state index contributed by atoms with van der Waals surface area (Å²) < 4.78 is 0. The van der Waals surface area contributed by atoms with E-state index >= 15 is 0 Å². The zero-order chi connectivity index (χ0) is 17.9. The third kappa shape index (κ3) is 4.67. The van der Waals surface area contributed by atoms with Gasteiger partial charge < -0.3 is 10.4 Å². The summed E-state index contributed by atoms with van der Waals surface area (Å²) in [6.07, 6.45) is 1.69. The molecule has 0 amide bonds. The number of nitrogens with one attached hydrogen (secondary N) is 1. The van der Waals surface area contributed by atoms with Crippen molar-refractivity contribution in [2.24, 2.45) is 17.3 Å². The van der Waals surface area contributed by atoms with E-state index in [9.17, 15) is 9.59 Å². The Kier molecular flexibility index (Phi) is 5.81. The maximum Gasteiger partial charge on any atom is 0.145 e. The third-order valence-corrected chi connectivity index (χ3v) is 4.62. The topological polar surface area (TPSA) is 66.4 Å². The zero-order valence-corrected chi connectivity index (χ0v) is 15.1. The molecule has 24 heavy (non-hydrogen) atoms. The van der Waals surface area contributed by atoms with Crippen molar-refractivity contribution in [2.45, 2.75) is 59.6 Å². The minimum Gasteiger partial charge on any atom is -0.392 e. The molecule has 1 aromatic rings. The lowest BCUT2D eigenvalue weighted by Crippen LogP contribution is -2.47. The van der Waals surface area contributed by atoms with Crippen LogP contribution in [-0.4, -0.2) is 22.7 Å². The molecule has 1 aliphatic rings. The van der Waals surface area contributed by atoms with E-state index in [1.54, 1.807) is 0 Å². The molecule has 0 aliphatic heterocycles. The normalized spacial score (nSPS) is 19.6. The van der Waals surface area contributed by atoms with E-state index in [0.29, 0.717) is 18.8 Å². The van der Waals surface area contributed by atoms with Crippen molar-refractivity contribution in [2.75, 3.05) is 5.32 Å². The van der Waals surface area contributed by atoms with Crippen LogP contribution in [0.4, 0.5) is 5.69 Å². The average Bonchev–Trinajstić information content (AvgIpc) is 2.45. The molecule has 132 valence electrons. The van der Waals surface area contributed by atoms with Crippen LogP contribution in [0.3, 0.4) is 0 Å². The fourth-order valence-corrected chi connectivity index (χ4v) is 3.56. The minimum atomic E-state index is -0.557. The fourth-order valence-electron chi connectivity index (χ4n) is 3.56. The molecular formula is C20H29NO3. The molecule has 4 heteroatoms. The van der Waals surface area contributed by atoms with Crippen LogP contribution in [0.15, 0.2) is 24.3 Å². The molecule has 0 bridgehead atoms. The van der Waals surface area contributed by atoms with E-state index < -0.39 is 5.92 Å². The molecule has 1 fully saturated rings. The number of carbonyl (C=O) groups is 2. The number of ketones is 2. The van der Waals surface area contributed by atoms with E-state index in [1.807, 2.05) is 38.1 Å². The van der Waals surface area contributed by atoms with Gasteiger partial charge in [0.15, 0.2) is 0 Å². The molecule has 0 aromatic heterocycles. The number of aliphatic hydroxyl groups is 1. The van der Waals surface area contributed by atoms with Crippen molar-refractivity contribution < 1.29 is 14.7 Å². The van der Waals surface area contributed by atoms with Gasteiger partial charge in [-0.05, 0) is 35.4 Å². The van der Waals surface area contributed by atoms with Crippen LogP contribution < -0.4 is 5.32 Å². The van der Waals surface area contributed by atoms with Crippen LogP contribution in [0, 0.1) is 17.3 Å². The highest BCUT2D eigenvalue weighted by Gasteiger charge is 2.43. The second kappa shape index (κ2) is 7.47. The van der Waals surface area contributed by atoms with E-state index in [-0.39, 0.29) is 29.6 Å². The molecule has 4 nitrogen and oxygen atoms in total. The smallest absolute Gasteiger partial charge is 0.145 e. The first-order valence-corrected chi connectivity index (χ1v) is 8.73. The summed E-state index contributed by atoms with van der Waals surface area (Å²) in [5.74, 6) is -0.0598. The number of hydrogen-bond acceptors (Lipinski definition) is 4. The van der Waals surface area contributed by atoms with E-state index in [4.69, 9.17) is 5.11 Å². The molecule has 0 spiro atoms. The summed E-state index contributed by atoms with van der Waals surface area (Å²) in [5, 5.41) is 12.5. The lowest BCUT2D eigenvalue weighted by Gasteiger charge is -2.36. The molecule has 1 unspecified atom stereocenters. The lowest BCUT2D eigenvalue weighted by atomic mass is 9.68. The predicted molar refractivity (Wildman–Crippen MR) is 95.7 cm³/mol. The second-order valence-corrected chi connectivity index (χ2v) is 8.16. The number of rotatable bonds is 6. The van der Waals surface area contributed by atoms with Gasteiger partial charge in [-0.2, -0.15) is 0 Å². The number of anilines is 1. The first-order chi connectivity index (χ1) is 11.2. The summed E-state index contributed by atoms with van der Waals surface area (Å²) in [6.45, 7) is 8.18. The van der Waals surface area contributed by atoms with Crippen molar-refractivity contribution in [1.82, 2.24) is 0 Å². The highest BCUT2D eigenvalue weighted by Crippen LogP contribution is 2.36. The first-order valence-electron chi connectivity index (χ1n) is 8.73. The number of benzene rings is 1. The van der Waals surface area contributed by atoms with Gasteiger partial charge in [0.05, 0.1) is 12.5 Å². The summed E-state index contributed by atoms with van der Waals surface area (Å²) in [4.78, 5) is 25.3. The van der Waals surface area contributed by atoms with Crippen LogP contribution in [-0.2, 0) is 16.2 Å². The van der Waals surface area contributed by atoms with Gasteiger partial charge in [0.2, 0.25) is 0 Å². The Morgan fingerprint density at radius 2 is 1.67 bits per heavy atom. The molecule has 0 radical (unpaired) electrons. The van der Waals surface area contributed by atoms with E-state index in [0.717, 1.165) is 17.7 Å². The molecule has 2 rings (SSSR count). The lowest BCUT2D eigenvalue weighted by molar-refractivity contribution is -0.140. The molecule has 0 heterocycles. The van der Waals surface area contributed by atoms with Gasteiger partial charge in [0, 0.05) is 24.6 Å². The fraction of sp³-hybridized carbons (Fsp3) is 0.600. The standard InChI is InChI=1S/C20H29NO3/c1-13(2)9-16(21-15-7-5-14(12-22)6-8-15)19-17(23)10-20(3,4)11-18(19)24/h5-8,13,16,19,21-22H,9-12H2,1-4H3. The van der Waals surface area contributed by atoms with Crippen molar-refractivity contribution in [3.63, 3.8) is 0 Å². The zero-order valence-electron chi connectivity index (χ0n) is 15.1. The van der Waals surface area contributed by atoms with Gasteiger partial charge in [0.25, 0.3) is 0 Å². The van der Waals surface area contributed by atoms with Gasteiger partial charge in [-0.1, -0.05) is 39.8 Å². The molecular weight excluding hydrogens is 302 g/mol. The Bertz CT molecular complexity index is 569. The second-order valence-electron chi connectivity index (χ2n) is 8.16. The molecule has 1 aliphatic carbocycles. The number of hydrogen-bond donors (Lipinski definition) is 2. The summed E-state index contributed by atoms with van der Waals surface area (Å²) >= 11 is 0. The minimum absolute atomic E-state index is 0.00435. The highest BCUT2D eigenvalue weighted by molar-refractivity contribution is 6.06. The number of carbonyl (C=O) groups excluding carboxylic acids is 2. The molecule has 1 aromatic carbocycles. The molecule has 2 N–H and O–H groups in total. The quantitative estimate of drug-likeness (QED) is 0.782. The summed E-state index contributed by atoms with van der Waals surface area (Å²) in [5.41, 5.74) is 1.49. The monoisotopic (exact) mass is 331 g/mol. The van der Waals surface area contributed by atoms with Crippen LogP contribution in [0.25, 0.3) is 0 Å². The Balaban J connectivity index is 2.20. The van der Waals surface area contributed by atoms with E-state index in [1.165, 1.54) is 0 Å². The Morgan fingerprint density at radius 1 is 1.12 bits per heavy atom. The van der Waals surface area contributed by atoms with Gasteiger partial charge in [0.1, 0.15) is 11.6 Å². The van der Waals surface area contributed by atoms with Gasteiger partial charge in [-0.15, -0.1) is 0 Å². The molecule has 0 saturated heterocycles. The predicted octanol–water partition coefficient (Wildman–Crippen LogP) is 3.58.